The van der Waals surface area contributed by atoms with Crippen molar-refractivity contribution in [3.05, 3.63) is 36.0 Å². The summed E-state index contributed by atoms with van der Waals surface area (Å²) in [7, 11) is 0. The fourth-order valence-electron chi connectivity index (χ4n) is 2.53. The molecule has 1 aliphatic carbocycles. The molecule has 2 rings (SSSR count). The maximum absolute atomic E-state index is 11.4. The van der Waals surface area contributed by atoms with E-state index in [0.29, 0.717) is 0 Å². The average Bonchev–Trinajstić information content (AvgIpc) is 2.40. The van der Waals surface area contributed by atoms with Gasteiger partial charge in [-0.2, -0.15) is 0 Å². The summed E-state index contributed by atoms with van der Waals surface area (Å²) in [5.74, 6) is -0.112. The van der Waals surface area contributed by atoms with Crippen LogP contribution in [0, 0.1) is 0 Å². The predicted molar refractivity (Wildman–Crippen MR) is 77.8 cm³/mol. The molecule has 19 heavy (non-hydrogen) atoms. The minimum atomic E-state index is -0.112. The van der Waals surface area contributed by atoms with Gasteiger partial charge in [0.2, 0.25) is 0 Å². The number of hydrogen-bond donors (Lipinski definition) is 0. The van der Waals surface area contributed by atoms with E-state index in [2.05, 4.69) is 30.4 Å². The van der Waals surface area contributed by atoms with Gasteiger partial charge in [0.1, 0.15) is 6.10 Å². The zero-order valence-electron chi connectivity index (χ0n) is 11.6. The van der Waals surface area contributed by atoms with Gasteiger partial charge in [0.25, 0.3) is 0 Å². The van der Waals surface area contributed by atoms with Crippen LogP contribution in [0.5, 0.6) is 0 Å². The lowest BCUT2D eigenvalue weighted by molar-refractivity contribution is -0.155. The molecule has 0 aromatic rings. The van der Waals surface area contributed by atoms with Crippen LogP contribution in [0.4, 0.5) is 0 Å². The molecule has 2 aliphatic rings. The maximum atomic E-state index is 11.4. The molecule has 0 aromatic heterocycles. The van der Waals surface area contributed by atoms with E-state index in [4.69, 9.17) is 4.74 Å². The Bertz CT molecular complexity index is 377. The minimum Gasteiger partial charge on any atom is -0.453 e. The van der Waals surface area contributed by atoms with Crippen LogP contribution in [0.25, 0.3) is 0 Å². The van der Waals surface area contributed by atoms with Crippen LogP contribution >= 0.6 is 0 Å². The molecule has 104 valence electrons. The molecule has 0 radical (unpaired) electrons. The lowest BCUT2D eigenvalue weighted by Gasteiger charge is -2.28. The summed E-state index contributed by atoms with van der Waals surface area (Å²) in [5, 5.41) is 0. The van der Waals surface area contributed by atoms with E-state index in [1.54, 1.807) is 0 Å². The first kappa shape index (κ1) is 14.1. The van der Waals surface area contributed by atoms with Gasteiger partial charge in [0, 0.05) is 6.42 Å². The number of ether oxygens (including phenoxy) is 1. The average molecular weight is 260 g/mol. The lowest BCUT2D eigenvalue weighted by atomic mass is 9.98. The van der Waals surface area contributed by atoms with Gasteiger partial charge in [0.05, 0.1) is 5.57 Å². The molecule has 1 fully saturated rings. The number of rotatable bonds is 0. The highest BCUT2D eigenvalue weighted by molar-refractivity contribution is 5.95. The highest BCUT2D eigenvalue weighted by Gasteiger charge is 2.34. The molecule has 0 N–H and O–H groups in total. The first-order valence-corrected chi connectivity index (χ1v) is 7.59. The molecule has 0 bridgehead atoms. The second-order valence-corrected chi connectivity index (χ2v) is 5.31. The Kier molecular flexibility index (Phi) is 5.93. The van der Waals surface area contributed by atoms with E-state index >= 15 is 0 Å². The summed E-state index contributed by atoms with van der Waals surface area (Å²) in [6.07, 6.45) is 21.3. The normalized spacial score (nSPS) is 32.1. The summed E-state index contributed by atoms with van der Waals surface area (Å²) in [4.78, 5) is 11.4. The molecule has 2 nitrogen and oxygen atoms in total. The van der Waals surface area contributed by atoms with Gasteiger partial charge in [-0.05, 0) is 32.1 Å². The van der Waals surface area contributed by atoms with Crippen LogP contribution in [-0.2, 0) is 9.53 Å². The van der Waals surface area contributed by atoms with Crippen molar-refractivity contribution in [2.75, 3.05) is 0 Å². The van der Waals surface area contributed by atoms with Gasteiger partial charge in [0.15, 0.2) is 0 Å². The molecule has 0 saturated carbocycles. The minimum absolute atomic E-state index is 0.0145. The van der Waals surface area contributed by atoms with Gasteiger partial charge in [-0.15, -0.1) is 0 Å². The summed E-state index contributed by atoms with van der Waals surface area (Å²) >= 11 is 0. The Morgan fingerprint density at radius 2 is 1.63 bits per heavy atom. The first-order valence-electron chi connectivity index (χ1n) is 7.59. The molecule has 0 amide bonds. The Hall–Kier alpha value is -1.31. The summed E-state index contributed by atoms with van der Waals surface area (Å²) < 4.78 is 5.17. The maximum Gasteiger partial charge on any atom is 0.338 e. The summed E-state index contributed by atoms with van der Waals surface area (Å²) in [6, 6.07) is 0. The Morgan fingerprint density at radius 3 is 2.47 bits per heavy atom. The molecular formula is C17H24O2. The van der Waals surface area contributed by atoms with Gasteiger partial charge < -0.3 is 4.74 Å². The standard InChI is InChI=1S/C17H24O2/c18-17-15-13-11-9-7-5-3-1-2-4-6-8-10-12-14-16(15)19-17/h4,6,10,12-13,16H,1-3,5,7-9,11,14H2/b6-4-,12-10-,15-13+. The van der Waals surface area contributed by atoms with Gasteiger partial charge in [-0.1, -0.05) is 49.6 Å². The van der Waals surface area contributed by atoms with Crippen LogP contribution in [0.3, 0.4) is 0 Å². The zero-order valence-corrected chi connectivity index (χ0v) is 11.6. The van der Waals surface area contributed by atoms with Crippen molar-refractivity contribution < 1.29 is 9.53 Å². The van der Waals surface area contributed by atoms with Gasteiger partial charge in [-0.25, -0.2) is 4.79 Å². The Balaban J connectivity index is 1.87. The molecule has 2 heteroatoms. The van der Waals surface area contributed by atoms with Crippen LogP contribution in [-0.4, -0.2) is 12.1 Å². The van der Waals surface area contributed by atoms with Crippen molar-refractivity contribution >= 4 is 5.97 Å². The van der Waals surface area contributed by atoms with Crippen molar-refractivity contribution in [1.82, 2.24) is 0 Å². The van der Waals surface area contributed by atoms with Gasteiger partial charge in [-0.3, -0.25) is 0 Å². The molecular weight excluding hydrogens is 236 g/mol. The first-order chi connectivity index (χ1) is 9.38. The number of fused-ring (bicyclic) bond motifs is 1. The van der Waals surface area contributed by atoms with E-state index < -0.39 is 0 Å². The third-order valence-corrected chi connectivity index (χ3v) is 3.73. The summed E-state index contributed by atoms with van der Waals surface area (Å²) in [5.41, 5.74) is 0.896. The Morgan fingerprint density at radius 1 is 0.895 bits per heavy atom. The quantitative estimate of drug-likeness (QED) is 0.474. The number of esters is 1. The van der Waals surface area contributed by atoms with E-state index in [9.17, 15) is 4.79 Å². The molecule has 1 unspecified atom stereocenters. The monoisotopic (exact) mass is 260 g/mol. The largest absolute Gasteiger partial charge is 0.453 e. The van der Waals surface area contributed by atoms with Crippen LogP contribution in [0.1, 0.15) is 57.8 Å². The highest BCUT2D eigenvalue weighted by atomic mass is 16.6. The van der Waals surface area contributed by atoms with Crippen molar-refractivity contribution in [2.45, 2.75) is 63.9 Å². The third-order valence-electron chi connectivity index (χ3n) is 3.73. The van der Waals surface area contributed by atoms with Gasteiger partial charge >= 0.3 is 5.97 Å². The predicted octanol–water partition coefficient (Wildman–Crippen LogP) is 4.48. The highest BCUT2D eigenvalue weighted by Crippen LogP contribution is 2.25. The molecule has 1 saturated heterocycles. The third kappa shape index (κ3) is 4.70. The number of hydrogen-bond acceptors (Lipinski definition) is 2. The van der Waals surface area contributed by atoms with Crippen molar-refractivity contribution in [2.24, 2.45) is 0 Å². The van der Waals surface area contributed by atoms with Crippen molar-refractivity contribution in [3.8, 4) is 0 Å². The van der Waals surface area contributed by atoms with E-state index in [1.807, 2.05) is 0 Å². The fraction of sp³-hybridized carbons (Fsp3) is 0.588. The van der Waals surface area contributed by atoms with Crippen LogP contribution in [0.15, 0.2) is 36.0 Å². The molecule has 1 heterocycles. The second kappa shape index (κ2) is 7.98. The molecule has 1 aliphatic heterocycles. The number of allylic oxidation sites excluding steroid dienone is 4. The van der Waals surface area contributed by atoms with Crippen molar-refractivity contribution in [3.63, 3.8) is 0 Å². The van der Waals surface area contributed by atoms with E-state index in [1.165, 1.54) is 38.5 Å². The van der Waals surface area contributed by atoms with Crippen LogP contribution in [0.2, 0.25) is 0 Å². The molecule has 0 spiro atoms. The SMILES string of the molecule is O=C1OC2C/C=C\C/C=C\CCCCCCC/C=C/12. The molecule has 0 aromatic carbocycles. The number of carbonyl (C=O) groups is 1. The van der Waals surface area contributed by atoms with Crippen molar-refractivity contribution in [1.29, 1.82) is 0 Å². The van der Waals surface area contributed by atoms with E-state index in [0.717, 1.165) is 24.8 Å². The smallest absolute Gasteiger partial charge is 0.338 e. The molecule has 1 atom stereocenters. The zero-order chi connectivity index (χ0) is 13.3. The Labute approximate surface area is 116 Å². The fourth-order valence-corrected chi connectivity index (χ4v) is 2.53. The topological polar surface area (TPSA) is 26.3 Å². The second-order valence-electron chi connectivity index (χ2n) is 5.31. The van der Waals surface area contributed by atoms with E-state index in [-0.39, 0.29) is 12.1 Å². The lowest BCUT2D eigenvalue weighted by Crippen LogP contribution is -2.36. The summed E-state index contributed by atoms with van der Waals surface area (Å²) in [6.45, 7) is 0. The number of carbonyl (C=O) groups excluding carboxylic acids is 1. The van der Waals surface area contributed by atoms with Crippen LogP contribution < -0.4 is 0 Å².